The number of carbonyl (C=O) groups is 3. The zero-order valence-corrected chi connectivity index (χ0v) is 21.9. The number of hydrogen-bond acceptors (Lipinski definition) is 7. The molecular formula is C28H43N2O7+. The number of carbonyl (C=O) groups excluding carboxylic acids is 3. The van der Waals surface area contributed by atoms with Crippen molar-refractivity contribution in [2.24, 2.45) is 5.92 Å². The van der Waals surface area contributed by atoms with Gasteiger partial charge in [0.15, 0.2) is 5.78 Å². The van der Waals surface area contributed by atoms with Crippen molar-refractivity contribution >= 4 is 17.7 Å². The zero-order chi connectivity index (χ0) is 27.0. The molecule has 0 unspecified atom stereocenters. The Bertz CT molecular complexity index is 795. The summed E-state index contributed by atoms with van der Waals surface area (Å²) in [6.45, 7) is 3.09. The van der Waals surface area contributed by atoms with E-state index in [1.807, 2.05) is 30.3 Å². The van der Waals surface area contributed by atoms with Gasteiger partial charge < -0.3 is 30.0 Å². The molecule has 0 bridgehead atoms. The molecule has 0 heterocycles. The molecule has 206 valence electrons. The van der Waals surface area contributed by atoms with Gasteiger partial charge in [-0.3, -0.25) is 14.4 Å². The van der Waals surface area contributed by atoms with Gasteiger partial charge in [0, 0.05) is 25.3 Å². The Morgan fingerprint density at radius 2 is 1.65 bits per heavy atom. The third-order valence-corrected chi connectivity index (χ3v) is 5.45. The normalized spacial score (nSPS) is 11.5. The third kappa shape index (κ3) is 18.2. The number of benzene rings is 1. The van der Waals surface area contributed by atoms with Gasteiger partial charge >= 0.3 is 5.97 Å². The molecule has 0 fully saturated rings. The van der Waals surface area contributed by atoms with Crippen molar-refractivity contribution in [1.29, 1.82) is 0 Å². The van der Waals surface area contributed by atoms with Gasteiger partial charge in [-0.2, -0.15) is 0 Å². The molecule has 1 aromatic carbocycles. The van der Waals surface area contributed by atoms with Crippen LogP contribution >= 0.6 is 0 Å². The first-order chi connectivity index (χ1) is 18.1. The van der Waals surface area contributed by atoms with Crippen molar-refractivity contribution in [3.05, 3.63) is 35.9 Å². The Hall–Kier alpha value is -2.77. The van der Waals surface area contributed by atoms with Crippen molar-refractivity contribution < 1.29 is 39.1 Å². The molecule has 0 aromatic heterocycles. The Kier molecular flexibility index (Phi) is 19.6. The van der Waals surface area contributed by atoms with E-state index in [1.54, 1.807) is 0 Å². The minimum absolute atomic E-state index is 0.0000879. The van der Waals surface area contributed by atoms with Gasteiger partial charge in [-0.25, -0.2) is 0 Å². The number of ketones is 1. The van der Waals surface area contributed by atoms with Crippen molar-refractivity contribution in [2.75, 3.05) is 52.7 Å². The maximum Gasteiger partial charge on any atom is 0.306 e. The maximum absolute atomic E-state index is 12.8. The first-order valence-corrected chi connectivity index (χ1v) is 13.0. The van der Waals surface area contributed by atoms with E-state index in [0.29, 0.717) is 26.4 Å². The molecule has 1 rings (SSSR count). The number of amides is 1. The van der Waals surface area contributed by atoms with Crippen LogP contribution in [0.1, 0.15) is 50.5 Å². The molecule has 9 heteroatoms. The summed E-state index contributed by atoms with van der Waals surface area (Å²) in [5, 5.41) is 2.91. The van der Waals surface area contributed by atoms with E-state index in [9.17, 15) is 14.4 Å². The van der Waals surface area contributed by atoms with Gasteiger partial charge in [-0.15, -0.1) is 6.42 Å². The fraction of sp³-hybridized carbons (Fsp3) is 0.607. The lowest BCUT2D eigenvalue weighted by atomic mass is 9.96. The SMILES string of the molecule is C#CCOCCOCCOCC(=O)C[C@@H](CCC(=O)OCc1ccccc1)C(=O)NCCCCCC[NH3+]. The van der Waals surface area contributed by atoms with Gasteiger partial charge in [0.1, 0.15) is 19.8 Å². The summed E-state index contributed by atoms with van der Waals surface area (Å²) in [6.07, 6.45) is 9.39. The van der Waals surface area contributed by atoms with Crippen LogP contribution in [0.3, 0.4) is 0 Å². The summed E-state index contributed by atoms with van der Waals surface area (Å²) in [6, 6.07) is 9.38. The van der Waals surface area contributed by atoms with Crippen LogP contribution < -0.4 is 11.1 Å². The minimum Gasteiger partial charge on any atom is -0.461 e. The average Bonchev–Trinajstić information content (AvgIpc) is 2.91. The average molecular weight is 520 g/mol. The number of rotatable bonds is 23. The molecule has 9 nitrogen and oxygen atoms in total. The van der Waals surface area contributed by atoms with E-state index >= 15 is 0 Å². The quantitative estimate of drug-likeness (QED) is 0.128. The highest BCUT2D eigenvalue weighted by atomic mass is 16.5. The second-order valence-electron chi connectivity index (χ2n) is 8.61. The Balaban J connectivity index is 2.40. The second kappa shape index (κ2) is 22.4. The largest absolute Gasteiger partial charge is 0.461 e. The molecule has 0 saturated heterocycles. The molecule has 0 spiro atoms. The van der Waals surface area contributed by atoms with Crippen LogP contribution in [0.5, 0.6) is 0 Å². The highest BCUT2D eigenvalue weighted by Crippen LogP contribution is 2.14. The van der Waals surface area contributed by atoms with Crippen LogP contribution in [0.2, 0.25) is 0 Å². The van der Waals surface area contributed by atoms with Gasteiger partial charge in [0.05, 0.1) is 33.0 Å². The first-order valence-electron chi connectivity index (χ1n) is 13.0. The van der Waals surface area contributed by atoms with Crippen LogP contribution in [0.25, 0.3) is 0 Å². The summed E-state index contributed by atoms with van der Waals surface area (Å²) in [5.41, 5.74) is 4.72. The van der Waals surface area contributed by atoms with E-state index in [0.717, 1.165) is 37.8 Å². The predicted molar refractivity (Wildman–Crippen MR) is 139 cm³/mol. The second-order valence-corrected chi connectivity index (χ2v) is 8.61. The number of ether oxygens (including phenoxy) is 4. The number of esters is 1. The van der Waals surface area contributed by atoms with Gasteiger partial charge in [-0.05, 0) is 31.2 Å². The Labute approximate surface area is 220 Å². The summed E-state index contributed by atoms with van der Waals surface area (Å²) in [5.74, 6) is 0.918. The minimum atomic E-state index is -0.621. The summed E-state index contributed by atoms with van der Waals surface area (Å²) in [7, 11) is 0. The lowest BCUT2D eigenvalue weighted by molar-refractivity contribution is -0.368. The highest BCUT2D eigenvalue weighted by Gasteiger charge is 2.23. The molecular weight excluding hydrogens is 476 g/mol. The summed E-state index contributed by atoms with van der Waals surface area (Å²) < 4.78 is 21.1. The Morgan fingerprint density at radius 3 is 2.38 bits per heavy atom. The van der Waals surface area contributed by atoms with Crippen molar-refractivity contribution in [1.82, 2.24) is 5.32 Å². The molecule has 1 atom stereocenters. The molecule has 0 radical (unpaired) electrons. The number of hydrogen-bond donors (Lipinski definition) is 2. The first kappa shape index (κ1) is 32.3. The predicted octanol–water partition coefficient (Wildman–Crippen LogP) is 1.69. The van der Waals surface area contributed by atoms with Gasteiger partial charge in [-0.1, -0.05) is 42.7 Å². The molecule has 4 N–H and O–H groups in total. The molecule has 1 aromatic rings. The molecule has 37 heavy (non-hydrogen) atoms. The molecule has 0 aliphatic carbocycles. The van der Waals surface area contributed by atoms with Crippen LogP contribution in [-0.4, -0.2) is 70.4 Å². The van der Waals surface area contributed by atoms with Gasteiger partial charge in [0.2, 0.25) is 5.91 Å². The zero-order valence-electron chi connectivity index (χ0n) is 21.9. The van der Waals surface area contributed by atoms with Crippen LogP contribution in [-0.2, 0) is 39.9 Å². The number of terminal acetylenes is 1. The summed E-state index contributed by atoms with van der Waals surface area (Å²) >= 11 is 0. The fourth-order valence-electron chi connectivity index (χ4n) is 3.43. The van der Waals surface area contributed by atoms with Crippen LogP contribution in [0.4, 0.5) is 0 Å². The third-order valence-electron chi connectivity index (χ3n) is 5.45. The highest BCUT2D eigenvalue weighted by molar-refractivity contribution is 5.87. The van der Waals surface area contributed by atoms with Crippen molar-refractivity contribution in [3.8, 4) is 12.3 Å². The topological polar surface area (TPSA) is 128 Å². The number of Topliss-reactive ketones (excluding diaryl/α,β-unsaturated/α-hetero) is 1. The van der Waals surface area contributed by atoms with E-state index < -0.39 is 11.9 Å². The number of nitrogens with one attached hydrogen (secondary N) is 1. The molecule has 0 aliphatic heterocycles. The van der Waals surface area contributed by atoms with E-state index in [2.05, 4.69) is 17.0 Å². The maximum atomic E-state index is 12.8. The Morgan fingerprint density at radius 1 is 0.946 bits per heavy atom. The lowest BCUT2D eigenvalue weighted by Gasteiger charge is -2.16. The molecule has 0 aliphatic rings. The lowest BCUT2D eigenvalue weighted by Crippen LogP contribution is -2.50. The van der Waals surface area contributed by atoms with E-state index in [4.69, 9.17) is 25.4 Å². The van der Waals surface area contributed by atoms with Crippen LogP contribution in [0.15, 0.2) is 30.3 Å². The monoisotopic (exact) mass is 519 g/mol. The number of unbranched alkanes of at least 4 members (excludes halogenated alkanes) is 3. The van der Waals surface area contributed by atoms with E-state index in [1.165, 1.54) is 0 Å². The summed E-state index contributed by atoms with van der Waals surface area (Å²) in [4.78, 5) is 37.5. The van der Waals surface area contributed by atoms with Crippen LogP contribution in [0, 0.1) is 18.3 Å². The fourth-order valence-corrected chi connectivity index (χ4v) is 3.43. The standard InChI is InChI=1S/C28H42N2O7/c1-2-16-34-17-18-35-19-20-36-23-26(31)21-25(28(33)30-15-9-4-3-8-14-29)12-13-27(32)37-22-24-10-6-5-7-11-24/h1,5-7,10-11,25H,3-4,8-9,12-23,29H2,(H,30,33)/p+1/t25-/m1/s1. The van der Waals surface area contributed by atoms with Crippen molar-refractivity contribution in [3.63, 3.8) is 0 Å². The molecule has 0 saturated carbocycles. The number of quaternary nitrogens is 1. The molecule has 1 amide bonds. The van der Waals surface area contributed by atoms with Gasteiger partial charge in [0.25, 0.3) is 0 Å². The smallest absolute Gasteiger partial charge is 0.306 e. The van der Waals surface area contributed by atoms with E-state index in [-0.39, 0.29) is 57.4 Å². The van der Waals surface area contributed by atoms with Crippen molar-refractivity contribution in [2.45, 2.75) is 51.6 Å².